The normalized spacial score (nSPS) is 23.4. The minimum absolute atomic E-state index is 0.148. The number of rotatable bonds is 6. The maximum Gasteiger partial charge on any atom is 0.387 e. The molecule has 1 saturated heterocycles. The van der Waals surface area contributed by atoms with E-state index in [4.69, 9.17) is 4.74 Å². The predicted molar refractivity (Wildman–Crippen MR) is 76.8 cm³/mol. The second kappa shape index (κ2) is 6.36. The molecule has 122 valence electrons. The number of benzene rings is 1. The molecular formula is C16H20F3NO2. The second-order valence-corrected chi connectivity index (χ2v) is 6.09. The zero-order valence-corrected chi connectivity index (χ0v) is 12.3. The van der Waals surface area contributed by atoms with Crippen LogP contribution in [0.4, 0.5) is 18.9 Å². The van der Waals surface area contributed by atoms with Crippen molar-refractivity contribution in [2.75, 3.05) is 18.5 Å². The number of anilines is 1. The standard InChI is InChI=1S/C16H20F3NO2/c17-12-9-11(4-5-13(12)22-15(18)19)20-10-16(6-7-16)14-3-1-2-8-21-14/h4-5,9,14-15,20H,1-3,6-8,10H2. The van der Waals surface area contributed by atoms with Crippen molar-refractivity contribution in [3.8, 4) is 5.75 Å². The number of nitrogens with one attached hydrogen (secondary N) is 1. The molecule has 0 aromatic heterocycles. The second-order valence-electron chi connectivity index (χ2n) is 6.09. The third kappa shape index (κ3) is 3.48. The average molecular weight is 315 g/mol. The van der Waals surface area contributed by atoms with Crippen molar-refractivity contribution in [3.63, 3.8) is 0 Å². The zero-order chi connectivity index (χ0) is 15.6. The highest BCUT2D eigenvalue weighted by molar-refractivity contribution is 5.47. The van der Waals surface area contributed by atoms with Crippen molar-refractivity contribution in [2.24, 2.45) is 5.41 Å². The number of ether oxygens (including phenoxy) is 2. The molecule has 1 saturated carbocycles. The molecule has 6 heteroatoms. The Hall–Kier alpha value is -1.43. The number of alkyl halides is 2. The van der Waals surface area contributed by atoms with Gasteiger partial charge in [-0.3, -0.25) is 0 Å². The highest BCUT2D eigenvalue weighted by Gasteiger charge is 2.50. The van der Waals surface area contributed by atoms with Crippen LogP contribution in [-0.4, -0.2) is 25.9 Å². The van der Waals surface area contributed by atoms with Gasteiger partial charge in [-0.2, -0.15) is 8.78 Å². The molecule has 0 radical (unpaired) electrons. The van der Waals surface area contributed by atoms with Gasteiger partial charge in [-0.1, -0.05) is 0 Å². The molecule has 3 nitrogen and oxygen atoms in total. The summed E-state index contributed by atoms with van der Waals surface area (Å²) in [5, 5.41) is 3.20. The summed E-state index contributed by atoms with van der Waals surface area (Å²) in [4.78, 5) is 0. The molecule has 1 aromatic carbocycles. The van der Waals surface area contributed by atoms with E-state index in [2.05, 4.69) is 10.1 Å². The minimum Gasteiger partial charge on any atom is -0.432 e. The quantitative estimate of drug-likeness (QED) is 0.854. The van der Waals surface area contributed by atoms with Crippen LogP contribution in [0.5, 0.6) is 5.75 Å². The molecule has 1 aliphatic carbocycles. The lowest BCUT2D eigenvalue weighted by atomic mass is 9.92. The van der Waals surface area contributed by atoms with E-state index in [1.54, 1.807) is 6.07 Å². The highest BCUT2D eigenvalue weighted by Crippen LogP contribution is 2.52. The van der Waals surface area contributed by atoms with Crippen molar-refractivity contribution in [2.45, 2.75) is 44.8 Å². The molecule has 0 spiro atoms. The van der Waals surface area contributed by atoms with E-state index >= 15 is 0 Å². The number of hydrogen-bond acceptors (Lipinski definition) is 3. The fourth-order valence-electron chi connectivity index (χ4n) is 3.08. The first-order chi connectivity index (χ1) is 10.6. The van der Waals surface area contributed by atoms with Gasteiger partial charge in [-0.25, -0.2) is 4.39 Å². The first-order valence-electron chi connectivity index (χ1n) is 7.69. The van der Waals surface area contributed by atoms with Gasteiger partial charge in [0.2, 0.25) is 0 Å². The summed E-state index contributed by atoms with van der Waals surface area (Å²) in [6.45, 7) is -1.49. The summed E-state index contributed by atoms with van der Waals surface area (Å²) in [6.07, 6.45) is 5.90. The smallest absolute Gasteiger partial charge is 0.387 e. The SMILES string of the molecule is Fc1cc(NCC2(C3CCCCO3)CC2)ccc1OC(F)F. The maximum atomic E-state index is 13.7. The molecule has 1 N–H and O–H groups in total. The van der Waals surface area contributed by atoms with Crippen LogP contribution >= 0.6 is 0 Å². The fourth-order valence-corrected chi connectivity index (χ4v) is 3.08. The maximum absolute atomic E-state index is 13.7. The van der Waals surface area contributed by atoms with Gasteiger partial charge in [0, 0.05) is 30.3 Å². The van der Waals surface area contributed by atoms with Gasteiger partial charge in [0.15, 0.2) is 11.6 Å². The van der Waals surface area contributed by atoms with Gasteiger partial charge in [0.1, 0.15) is 0 Å². The number of hydrogen-bond donors (Lipinski definition) is 1. The van der Waals surface area contributed by atoms with Gasteiger partial charge in [-0.15, -0.1) is 0 Å². The molecule has 1 atom stereocenters. The average Bonchev–Trinajstić information content (AvgIpc) is 3.29. The van der Waals surface area contributed by atoms with Crippen molar-refractivity contribution in [1.82, 2.24) is 0 Å². The van der Waals surface area contributed by atoms with Gasteiger partial charge in [0.25, 0.3) is 0 Å². The van der Waals surface area contributed by atoms with Crippen LogP contribution in [0.25, 0.3) is 0 Å². The van der Waals surface area contributed by atoms with Crippen LogP contribution in [0.1, 0.15) is 32.1 Å². The summed E-state index contributed by atoms with van der Waals surface area (Å²) < 4.78 is 47.8. The van der Waals surface area contributed by atoms with Gasteiger partial charge >= 0.3 is 6.61 Å². The van der Waals surface area contributed by atoms with Crippen LogP contribution < -0.4 is 10.1 Å². The summed E-state index contributed by atoms with van der Waals surface area (Å²) in [6, 6.07) is 3.97. The lowest BCUT2D eigenvalue weighted by Crippen LogP contribution is -2.34. The molecule has 2 aliphatic rings. The third-order valence-electron chi connectivity index (χ3n) is 4.55. The summed E-state index contributed by atoms with van der Waals surface area (Å²) in [7, 11) is 0. The Bertz CT molecular complexity index is 514. The van der Waals surface area contributed by atoms with Crippen LogP contribution in [0.3, 0.4) is 0 Å². The summed E-state index contributed by atoms with van der Waals surface area (Å²) >= 11 is 0. The van der Waals surface area contributed by atoms with Crippen molar-refractivity contribution < 1.29 is 22.6 Å². The molecular weight excluding hydrogens is 295 g/mol. The molecule has 1 heterocycles. The van der Waals surface area contributed by atoms with E-state index < -0.39 is 18.2 Å². The van der Waals surface area contributed by atoms with Crippen LogP contribution in [0, 0.1) is 11.2 Å². The Kier molecular flexibility index (Phi) is 4.47. The summed E-state index contributed by atoms with van der Waals surface area (Å²) in [5.74, 6) is -1.22. The van der Waals surface area contributed by atoms with E-state index in [1.807, 2.05) is 0 Å². The Morgan fingerprint density at radius 3 is 2.73 bits per heavy atom. The minimum atomic E-state index is -3.02. The van der Waals surface area contributed by atoms with Gasteiger partial charge in [0.05, 0.1) is 6.10 Å². The lowest BCUT2D eigenvalue weighted by molar-refractivity contribution is -0.0521. The lowest BCUT2D eigenvalue weighted by Gasteiger charge is -2.31. The molecule has 0 bridgehead atoms. The molecule has 1 aromatic rings. The monoisotopic (exact) mass is 315 g/mol. The zero-order valence-electron chi connectivity index (χ0n) is 12.3. The van der Waals surface area contributed by atoms with E-state index in [1.165, 1.54) is 18.6 Å². The van der Waals surface area contributed by atoms with Gasteiger partial charge < -0.3 is 14.8 Å². The van der Waals surface area contributed by atoms with Crippen LogP contribution in [-0.2, 0) is 4.74 Å². The molecule has 2 fully saturated rings. The first kappa shape index (κ1) is 15.5. The van der Waals surface area contributed by atoms with Crippen molar-refractivity contribution in [3.05, 3.63) is 24.0 Å². The first-order valence-corrected chi connectivity index (χ1v) is 7.69. The highest BCUT2D eigenvalue weighted by atomic mass is 19.3. The predicted octanol–water partition coefficient (Wildman–Crippen LogP) is 4.19. The molecule has 0 amide bonds. The van der Waals surface area contributed by atoms with Crippen LogP contribution in [0.15, 0.2) is 18.2 Å². The van der Waals surface area contributed by atoms with E-state index in [9.17, 15) is 13.2 Å². The summed E-state index contributed by atoms with van der Waals surface area (Å²) in [5.41, 5.74) is 0.718. The van der Waals surface area contributed by atoms with Crippen LogP contribution in [0.2, 0.25) is 0 Å². The fraction of sp³-hybridized carbons (Fsp3) is 0.625. The Morgan fingerprint density at radius 2 is 2.14 bits per heavy atom. The van der Waals surface area contributed by atoms with Crippen molar-refractivity contribution in [1.29, 1.82) is 0 Å². The molecule has 1 unspecified atom stereocenters. The Morgan fingerprint density at radius 1 is 1.32 bits per heavy atom. The third-order valence-corrected chi connectivity index (χ3v) is 4.55. The van der Waals surface area contributed by atoms with E-state index in [0.29, 0.717) is 12.2 Å². The Labute approximate surface area is 127 Å². The van der Waals surface area contributed by atoms with Gasteiger partial charge in [-0.05, 0) is 44.2 Å². The van der Waals surface area contributed by atoms with Crippen molar-refractivity contribution >= 4 is 5.69 Å². The largest absolute Gasteiger partial charge is 0.432 e. The van der Waals surface area contributed by atoms with E-state index in [-0.39, 0.29) is 11.5 Å². The Balaban J connectivity index is 1.58. The molecule has 3 rings (SSSR count). The molecule has 1 aliphatic heterocycles. The van der Waals surface area contributed by atoms with E-state index in [0.717, 1.165) is 32.3 Å². The number of halogens is 3. The molecule has 22 heavy (non-hydrogen) atoms. The topological polar surface area (TPSA) is 30.5 Å².